The zero-order chi connectivity index (χ0) is 21.9. The predicted molar refractivity (Wildman–Crippen MR) is 125 cm³/mol. The normalized spacial score (nSPS) is 18.6. The molecule has 1 unspecified atom stereocenters. The predicted octanol–water partition coefficient (Wildman–Crippen LogP) is 4.38. The molecule has 3 aromatic rings. The summed E-state index contributed by atoms with van der Waals surface area (Å²) >= 11 is 0. The van der Waals surface area contributed by atoms with Crippen molar-refractivity contribution in [2.24, 2.45) is 5.92 Å². The molecule has 0 N–H and O–H groups in total. The summed E-state index contributed by atoms with van der Waals surface area (Å²) in [6.45, 7) is 5.41. The summed E-state index contributed by atoms with van der Waals surface area (Å²) in [5.74, 6) is 1.79. The molecule has 7 heteroatoms. The van der Waals surface area contributed by atoms with Crippen molar-refractivity contribution in [1.29, 1.82) is 0 Å². The molecule has 32 heavy (non-hydrogen) atoms. The second-order valence-corrected chi connectivity index (χ2v) is 8.23. The molecular weight excluding hydrogens is 403 g/mol. The molecule has 1 aliphatic heterocycles. The van der Waals surface area contributed by atoms with E-state index in [2.05, 4.69) is 61.2 Å². The number of halogens is 1. The van der Waals surface area contributed by atoms with Crippen LogP contribution in [0.4, 0.5) is 16.2 Å². The van der Waals surface area contributed by atoms with Crippen molar-refractivity contribution >= 4 is 17.3 Å². The monoisotopic (exact) mass is 428 g/mol. The third-order valence-corrected chi connectivity index (χ3v) is 5.92. The Bertz CT molecular complexity index is 1130. The first-order chi connectivity index (χ1) is 15.7. The van der Waals surface area contributed by atoms with Gasteiger partial charge in [0.15, 0.2) is 5.82 Å². The Morgan fingerprint density at radius 1 is 0.938 bits per heavy atom. The largest absolute Gasteiger partial charge is 0.352 e. The Hall–Kier alpha value is -3.61. The molecule has 1 atom stereocenters. The van der Waals surface area contributed by atoms with Crippen molar-refractivity contribution in [3.63, 3.8) is 0 Å². The summed E-state index contributed by atoms with van der Waals surface area (Å²) in [6.07, 6.45) is 11.1. The molecule has 1 aromatic carbocycles. The Balaban J connectivity index is 1.45. The topological polar surface area (TPSA) is 58.0 Å². The molecular formula is C25H25FN6. The zero-order valence-electron chi connectivity index (χ0n) is 18.0. The molecule has 1 fully saturated rings. The first kappa shape index (κ1) is 20.3. The molecule has 1 saturated heterocycles. The minimum Gasteiger partial charge on any atom is -0.352 e. The van der Waals surface area contributed by atoms with Gasteiger partial charge in [0.1, 0.15) is 11.5 Å². The maximum absolute atomic E-state index is 13.6. The van der Waals surface area contributed by atoms with Gasteiger partial charge in [0.05, 0.1) is 0 Å². The summed E-state index contributed by atoms with van der Waals surface area (Å²) in [5.41, 5.74) is 3.79. The minimum atomic E-state index is -0.248. The van der Waals surface area contributed by atoms with Crippen molar-refractivity contribution in [2.45, 2.75) is 13.3 Å². The van der Waals surface area contributed by atoms with Crippen molar-refractivity contribution < 1.29 is 4.39 Å². The van der Waals surface area contributed by atoms with Crippen molar-refractivity contribution in [3.8, 4) is 11.1 Å². The van der Waals surface area contributed by atoms with E-state index in [1.165, 1.54) is 12.1 Å². The van der Waals surface area contributed by atoms with Gasteiger partial charge in [-0.15, -0.1) is 10.2 Å². The molecule has 0 bridgehead atoms. The van der Waals surface area contributed by atoms with Gasteiger partial charge in [-0.2, -0.15) is 0 Å². The Kier molecular flexibility index (Phi) is 5.62. The number of piperazine rings is 1. The van der Waals surface area contributed by atoms with Gasteiger partial charge in [-0.25, -0.2) is 14.4 Å². The van der Waals surface area contributed by atoms with Crippen LogP contribution in [-0.4, -0.2) is 46.3 Å². The molecule has 3 heterocycles. The van der Waals surface area contributed by atoms with E-state index >= 15 is 0 Å². The molecule has 6 nitrogen and oxygen atoms in total. The van der Waals surface area contributed by atoms with E-state index in [0.717, 1.165) is 66.8 Å². The number of benzene rings is 1. The van der Waals surface area contributed by atoms with E-state index in [4.69, 9.17) is 0 Å². The van der Waals surface area contributed by atoms with Gasteiger partial charge in [-0.05, 0) is 47.7 Å². The third-order valence-electron chi connectivity index (χ3n) is 5.92. The van der Waals surface area contributed by atoms with E-state index in [1.807, 2.05) is 6.07 Å². The summed E-state index contributed by atoms with van der Waals surface area (Å²) in [7, 11) is 0. The first-order valence-electron chi connectivity index (χ1n) is 11.0. The van der Waals surface area contributed by atoms with E-state index in [1.54, 1.807) is 24.5 Å². The van der Waals surface area contributed by atoms with Gasteiger partial charge in [0.2, 0.25) is 5.95 Å². The second kappa shape index (κ2) is 8.86. The number of nitrogens with zero attached hydrogens (tertiary/aromatic N) is 6. The van der Waals surface area contributed by atoms with Gasteiger partial charge >= 0.3 is 0 Å². The fourth-order valence-electron chi connectivity index (χ4n) is 4.19. The smallest absolute Gasteiger partial charge is 0.225 e. The van der Waals surface area contributed by atoms with Crippen LogP contribution in [0.15, 0.2) is 67.0 Å². The average molecular weight is 429 g/mol. The van der Waals surface area contributed by atoms with Crippen LogP contribution >= 0.6 is 0 Å². The standard InChI is InChI=1S/C25H25FN6/c1-18-4-2-5-20(16-18)24-22(19-6-8-21(26)9-7-19)17-23(29-30-24)31-12-14-32(15-13-31)25-27-10-3-11-28-25/h2-3,5-11,16-18H,4,12-15H2,1H3. The Morgan fingerprint density at radius 2 is 1.66 bits per heavy atom. The van der Waals surface area contributed by atoms with Crippen molar-refractivity contribution in [2.75, 3.05) is 36.0 Å². The lowest BCUT2D eigenvalue weighted by Crippen LogP contribution is -2.47. The van der Waals surface area contributed by atoms with E-state index in [9.17, 15) is 4.39 Å². The maximum Gasteiger partial charge on any atom is 0.225 e. The average Bonchev–Trinajstić information content (AvgIpc) is 2.85. The molecule has 0 saturated carbocycles. The minimum absolute atomic E-state index is 0.248. The zero-order valence-corrected chi connectivity index (χ0v) is 18.0. The van der Waals surface area contributed by atoms with Crippen LogP contribution in [0.5, 0.6) is 0 Å². The van der Waals surface area contributed by atoms with Crippen LogP contribution in [0.2, 0.25) is 0 Å². The van der Waals surface area contributed by atoms with Crippen LogP contribution in [0, 0.1) is 11.7 Å². The molecule has 2 aromatic heterocycles. The summed E-state index contributed by atoms with van der Waals surface area (Å²) in [5, 5.41) is 9.23. The molecule has 1 aliphatic carbocycles. The van der Waals surface area contributed by atoms with Crippen LogP contribution in [0.3, 0.4) is 0 Å². The lowest BCUT2D eigenvalue weighted by molar-refractivity contribution is 0.628. The molecule has 162 valence electrons. The van der Waals surface area contributed by atoms with Crippen LogP contribution < -0.4 is 9.80 Å². The highest BCUT2D eigenvalue weighted by Gasteiger charge is 2.22. The second-order valence-electron chi connectivity index (χ2n) is 8.23. The summed E-state index contributed by atoms with van der Waals surface area (Å²) < 4.78 is 13.6. The number of hydrogen-bond donors (Lipinski definition) is 0. The molecule has 0 radical (unpaired) electrons. The number of hydrogen-bond acceptors (Lipinski definition) is 6. The molecule has 5 rings (SSSR count). The third kappa shape index (κ3) is 4.23. The first-order valence-corrected chi connectivity index (χ1v) is 11.0. The van der Waals surface area contributed by atoms with Crippen molar-refractivity contribution in [3.05, 3.63) is 78.5 Å². The highest BCUT2D eigenvalue weighted by Crippen LogP contribution is 2.33. The fraction of sp³-hybridized carbons (Fsp3) is 0.280. The quantitative estimate of drug-likeness (QED) is 0.615. The van der Waals surface area contributed by atoms with E-state index < -0.39 is 0 Å². The molecule has 0 spiro atoms. The lowest BCUT2D eigenvalue weighted by atomic mass is 9.92. The fourth-order valence-corrected chi connectivity index (χ4v) is 4.19. The van der Waals surface area contributed by atoms with Crippen LogP contribution in [0.25, 0.3) is 16.7 Å². The number of rotatable bonds is 4. The number of anilines is 2. The molecule has 0 amide bonds. The lowest BCUT2D eigenvalue weighted by Gasteiger charge is -2.35. The maximum atomic E-state index is 13.6. The highest BCUT2D eigenvalue weighted by atomic mass is 19.1. The van der Waals surface area contributed by atoms with Gasteiger partial charge in [0.25, 0.3) is 0 Å². The van der Waals surface area contributed by atoms with Crippen LogP contribution in [0.1, 0.15) is 19.0 Å². The van der Waals surface area contributed by atoms with Gasteiger partial charge in [0, 0.05) is 44.1 Å². The number of aromatic nitrogens is 4. The van der Waals surface area contributed by atoms with Crippen molar-refractivity contribution in [1.82, 2.24) is 20.2 Å². The number of allylic oxidation sites excluding steroid dienone is 4. The molecule has 2 aliphatic rings. The van der Waals surface area contributed by atoms with Crippen LogP contribution in [-0.2, 0) is 0 Å². The van der Waals surface area contributed by atoms with E-state index in [0.29, 0.717) is 5.92 Å². The Morgan fingerprint density at radius 3 is 2.38 bits per heavy atom. The Labute approximate surface area is 187 Å². The van der Waals surface area contributed by atoms with Gasteiger partial charge in [-0.1, -0.05) is 37.3 Å². The highest BCUT2D eigenvalue weighted by molar-refractivity contribution is 5.84. The van der Waals surface area contributed by atoms with Gasteiger partial charge in [-0.3, -0.25) is 0 Å². The van der Waals surface area contributed by atoms with Gasteiger partial charge < -0.3 is 9.80 Å². The summed E-state index contributed by atoms with van der Waals surface area (Å²) in [6, 6.07) is 10.5. The summed E-state index contributed by atoms with van der Waals surface area (Å²) in [4.78, 5) is 13.1. The van der Waals surface area contributed by atoms with E-state index in [-0.39, 0.29) is 5.82 Å². The SMILES string of the molecule is CC1C=C(c2nnc(N3CCN(c4ncccn4)CC3)cc2-c2ccc(F)cc2)C=CC1.